The van der Waals surface area contributed by atoms with Crippen LogP contribution in [0, 0.1) is 5.82 Å². The summed E-state index contributed by atoms with van der Waals surface area (Å²) in [6.45, 7) is 0.315. The van der Waals surface area contributed by atoms with E-state index in [-0.39, 0.29) is 5.82 Å². The maximum Gasteiger partial charge on any atom is 0.129 e. The number of benzene rings is 1. The Kier molecular flexibility index (Phi) is 3.97. The zero-order chi connectivity index (χ0) is 12.3. The minimum atomic E-state index is -0.315. The number of nitrogens with zero attached hydrogens (tertiary/aromatic N) is 1. The van der Waals surface area contributed by atoms with Crippen LogP contribution < -0.4 is 5.32 Å². The van der Waals surface area contributed by atoms with Gasteiger partial charge in [0.1, 0.15) is 10.4 Å². The molecule has 1 N–H and O–H groups in total. The van der Waals surface area contributed by atoms with Crippen LogP contribution in [-0.4, -0.2) is 4.98 Å². The normalized spacial score (nSPS) is 10.3. The molecule has 2 rings (SSSR count). The van der Waals surface area contributed by atoms with E-state index in [9.17, 15) is 4.39 Å². The van der Waals surface area contributed by atoms with E-state index in [0.29, 0.717) is 21.7 Å². The van der Waals surface area contributed by atoms with Crippen molar-refractivity contribution >= 4 is 33.2 Å². The minimum absolute atomic E-state index is 0.315. The second kappa shape index (κ2) is 5.47. The standard InChI is InChI=1S/C12H9BrClFN2/c13-12-11(5-2-6-16-12)17-7-8-9(14)3-1-4-10(8)15/h1-6,17H,7H2. The third-order valence-corrected chi connectivity index (χ3v) is 3.26. The van der Waals surface area contributed by atoms with Gasteiger partial charge in [-0.1, -0.05) is 17.7 Å². The van der Waals surface area contributed by atoms with E-state index in [0.717, 1.165) is 5.69 Å². The van der Waals surface area contributed by atoms with Crippen LogP contribution in [0.2, 0.25) is 5.02 Å². The fraction of sp³-hybridized carbons (Fsp3) is 0.0833. The first-order valence-electron chi connectivity index (χ1n) is 4.96. The smallest absolute Gasteiger partial charge is 0.129 e. The summed E-state index contributed by atoms with van der Waals surface area (Å²) < 4.78 is 14.2. The number of aromatic nitrogens is 1. The first-order valence-corrected chi connectivity index (χ1v) is 6.13. The van der Waals surface area contributed by atoms with E-state index in [1.54, 1.807) is 24.4 Å². The van der Waals surface area contributed by atoms with E-state index < -0.39 is 0 Å². The summed E-state index contributed by atoms with van der Waals surface area (Å²) in [4.78, 5) is 4.06. The van der Waals surface area contributed by atoms with Gasteiger partial charge < -0.3 is 5.32 Å². The third kappa shape index (κ3) is 2.96. The number of hydrogen-bond acceptors (Lipinski definition) is 2. The Morgan fingerprint density at radius 2 is 2.12 bits per heavy atom. The SMILES string of the molecule is Fc1cccc(Cl)c1CNc1cccnc1Br. The lowest BCUT2D eigenvalue weighted by molar-refractivity contribution is 0.613. The van der Waals surface area contributed by atoms with Crippen molar-refractivity contribution in [3.63, 3.8) is 0 Å². The van der Waals surface area contributed by atoms with Crippen LogP contribution in [0.3, 0.4) is 0 Å². The Labute approximate surface area is 112 Å². The Morgan fingerprint density at radius 1 is 1.29 bits per heavy atom. The summed E-state index contributed by atoms with van der Waals surface area (Å²) >= 11 is 9.23. The summed E-state index contributed by atoms with van der Waals surface area (Å²) in [5.41, 5.74) is 1.25. The van der Waals surface area contributed by atoms with Crippen LogP contribution in [0.25, 0.3) is 0 Å². The van der Waals surface area contributed by atoms with Crippen LogP contribution in [0.15, 0.2) is 41.1 Å². The lowest BCUT2D eigenvalue weighted by Gasteiger charge is -2.09. The largest absolute Gasteiger partial charge is 0.379 e. The highest BCUT2D eigenvalue weighted by Gasteiger charge is 2.07. The van der Waals surface area contributed by atoms with Crippen molar-refractivity contribution in [2.45, 2.75) is 6.54 Å². The van der Waals surface area contributed by atoms with Crippen LogP contribution in [0.1, 0.15) is 5.56 Å². The van der Waals surface area contributed by atoms with Gasteiger partial charge >= 0.3 is 0 Å². The molecule has 0 fully saturated rings. The first kappa shape index (κ1) is 12.3. The highest BCUT2D eigenvalue weighted by Crippen LogP contribution is 2.23. The molecule has 0 aliphatic heterocycles. The Hall–Kier alpha value is -1.13. The summed E-state index contributed by atoms with van der Waals surface area (Å²) in [6, 6.07) is 8.30. The average molecular weight is 316 g/mol. The Morgan fingerprint density at radius 3 is 2.82 bits per heavy atom. The summed E-state index contributed by atoms with van der Waals surface area (Å²) in [7, 11) is 0. The van der Waals surface area contributed by atoms with E-state index in [1.807, 2.05) is 6.07 Å². The second-order valence-electron chi connectivity index (χ2n) is 3.40. The molecule has 17 heavy (non-hydrogen) atoms. The van der Waals surface area contributed by atoms with Gasteiger partial charge in [0.15, 0.2) is 0 Å². The average Bonchev–Trinajstić information content (AvgIpc) is 2.30. The zero-order valence-corrected chi connectivity index (χ0v) is 11.1. The molecule has 1 aromatic carbocycles. The predicted octanol–water partition coefficient (Wildman–Crippen LogP) is 4.25. The maximum absolute atomic E-state index is 13.5. The first-order chi connectivity index (χ1) is 8.18. The number of nitrogens with one attached hydrogen (secondary N) is 1. The van der Waals surface area contributed by atoms with Gasteiger partial charge in [0.25, 0.3) is 0 Å². The molecule has 88 valence electrons. The highest BCUT2D eigenvalue weighted by atomic mass is 79.9. The molecule has 0 aliphatic carbocycles. The fourth-order valence-corrected chi connectivity index (χ4v) is 2.02. The van der Waals surface area contributed by atoms with Gasteiger partial charge in [-0.25, -0.2) is 9.37 Å². The summed E-state index contributed by atoms with van der Waals surface area (Å²) in [5.74, 6) is -0.315. The van der Waals surface area contributed by atoms with E-state index in [4.69, 9.17) is 11.6 Å². The third-order valence-electron chi connectivity index (χ3n) is 2.28. The molecule has 0 saturated carbocycles. The quantitative estimate of drug-likeness (QED) is 0.857. The minimum Gasteiger partial charge on any atom is -0.379 e. The second-order valence-corrected chi connectivity index (χ2v) is 4.55. The molecule has 0 radical (unpaired) electrons. The van der Waals surface area contributed by atoms with Crippen molar-refractivity contribution in [2.24, 2.45) is 0 Å². The highest BCUT2D eigenvalue weighted by molar-refractivity contribution is 9.10. The molecule has 1 aromatic heterocycles. The van der Waals surface area contributed by atoms with Crippen molar-refractivity contribution in [2.75, 3.05) is 5.32 Å². The van der Waals surface area contributed by atoms with Gasteiger partial charge in [-0.05, 0) is 40.2 Å². The molecule has 0 saturated heterocycles. The Balaban J connectivity index is 2.16. The molecule has 0 aliphatic rings. The number of rotatable bonds is 3. The molecule has 2 aromatic rings. The number of anilines is 1. The van der Waals surface area contributed by atoms with Crippen molar-refractivity contribution in [1.82, 2.24) is 4.98 Å². The lowest BCUT2D eigenvalue weighted by atomic mass is 10.2. The van der Waals surface area contributed by atoms with E-state index >= 15 is 0 Å². The van der Waals surface area contributed by atoms with Crippen LogP contribution in [0.5, 0.6) is 0 Å². The summed E-state index contributed by atoms with van der Waals surface area (Å²) in [6.07, 6.45) is 1.67. The van der Waals surface area contributed by atoms with Crippen molar-refractivity contribution in [1.29, 1.82) is 0 Å². The summed E-state index contributed by atoms with van der Waals surface area (Å²) in [5, 5.41) is 3.49. The van der Waals surface area contributed by atoms with Crippen molar-refractivity contribution in [3.05, 3.63) is 57.5 Å². The molecule has 0 amide bonds. The number of halogens is 3. The van der Waals surface area contributed by atoms with Gasteiger partial charge in [0.05, 0.1) is 5.69 Å². The van der Waals surface area contributed by atoms with Gasteiger partial charge in [0, 0.05) is 23.3 Å². The van der Waals surface area contributed by atoms with Crippen LogP contribution >= 0.6 is 27.5 Å². The van der Waals surface area contributed by atoms with Crippen molar-refractivity contribution in [3.8, 4) is 0 Å². The molecule has 0 bridgehead atoms. The number of hydrogen-bond donors (Lipinski definition) is 1. The fourth-order valence-electron chi connectivity index (χ4n) is 1.40. The molecular formula is C12H9BrClFN2. The number of pyridine rings is 1. The van der Waals surface area contributed by atoms with Crippen LogP contribution in [0.4, 0.5) is 10.1 Å². The molecule has 0 unspecified atom stereocenters. The molecule has 1 heterocycles. The molecule has 5 heteroatoms. The van der Waals surface area contributed by atoms with Gasteiger partial charge in [0.2, 0.25) is 0 Å². The van der Waals surface area contributed by atoms with Crippen LogP contribution in [-0.2, 0) is 6.54 Å². The monoisotopic (exact) mass is 314 g/mol. The molecule has 0 spiro atoms. The van der Waals surface area contributed by atoms with E-state index in [1.165, 1.54) is 6.07 Å². The van der Waals surface area contributed by atoms with Gasteiger partial charge in [-0.15, -0.1) is 0 Å². The molecule has 2 nitrogen and oxygen atoms in total. The predicted molar refractivity (Wildman–Crippen MR) is 70.7 cm³/mol. The van der Waals surface area contributed by atoms with Gasteiger partial charge in [-0.2, -0.15) is 0 Å². The Bertz CT molecular complexity index is 513. The topological polar surface area (TPSA) is 24.9 Å². The maximum atomic E-state index is 13.5. The zero-order valence-electron chi connectivity index (χ0n) is 8.75. The van der Waals surface area contributed by atoms with Gasteiger partial charge in [-0.3, -0.25) is 0 Å². The van der Waals surface area contributed by atoms with Crippen molar-refractivity contribution < 1.29 is 4.39 Å². The lowest BCUT2D eigenvalue weighted by Crippen LogP contribution is -2.03. The molecular weight excluding hydrogens is 307 g/mol. The molecule has 0 atom stereocenters. The van der Waals surface area contributed by atoms with E-state index in [2.05, 4.69) is 26.2 Å².